The Morgan fingerprint density at radius 3 is 1.58 bits per heavy atom. The van der Waals surface area contributed by atoms with Crippen molar-refractivity contribution in [3.05, 3.63) is 206 Å². The molecule has 4 aromatic heterocycles. The molecule has 0 saturated carbocycles. The number of hydrogen-bond donors (Lipinski definition) is 1. The molecule has 0 fully saturated rings. The highest BCUT2D eigenvalue weighted by molar-refractivity contribution is 7.23. The second-order valence-electron chi connectivity index (χ2n) is 15.8. The van der Waals surface area contributed by atoms with Crippen LogP contribution in [-0.4, -0.2) is 45.7 Å². The number of ketones is 2. The van der Waals surface area contributed by atoms with Crippen LogP contribution >= 0.6 is 56.9 Å². The Hall–Kier alpha value is -7.37. The number of nitrogens with zero attached hydrogens (tertiary/aromatic N) is 3. The lowest BCUT2D eigenvalue weighted by Crippen LogP contribution is -2.32. The predicted octanol–water partition coefficient (Wildman–Crippen LogP) is 13.7. The average Bonchev–Trinajstić information content (AvgIpc) is 4.17. The summed E-state index contributed by atoms with van der Waals surface area (Å²) in [7, 11) is 0. The van der Waals surface area contributed by atoms with Gasteiger partial charge in [0.05, 0.1) is 73.7 Å². The van der Waals surface area contributed by atoms with Gasteiger partial charge in [0.1, 0.15) is 34.9 Å². The Bertz CT molecular complexity index is 3480. The van der Waals surface area contributed by atoms with Crippen molar-refractivity contribution in [2.75, 3.05) is 23.3 Å². The lowest BCUT2D eigenvalue weighted by molar-refractivity contribution is -0.385. The summed E-state index contributed by atoms with van der Waals surface area (Å²) in [6.07, 6.45) is 0.510. The highest BCUT2D eigenvalue weighted by Crippen LogP contribution is 2.46. The summed E-state index contributed by atoms with van der Waals surface area (Å²) in [6, 6.07) is 19.9. The van der Waals surface area contributed by atoms with Gasteiger partial charge in [0.15, 0.2) is 11.6 Å². The molecule has 0 bridgehead atoms. The van der Waals surface area contributed by atoms with E-state index in [0.29, 0.717) is 38.9 Å². The molecule has 372 valence electrons. The number of benzene rings is 4. The first kappa shape index (κ1) is 52.0. The van der Waals surface area contributed by atoms with Crippen LogP contribution in [0.4, 0.5) is 49.1 Å². The third-order valence-electron chi connectivity index (χ3n) is 11.3. The number of nitro benzene ring substituents is 2. The van der Waals surface area contributed by atoms with E-state index in [1.807, 2.05) is 17.5 Å². The molecule has 0 unspecified atom stereocenters. The van der Waals surface area contributed by atoms with Gasteiger partial charge in [-0.25, -0.2) is 26.3 Å². The molecule has 0 atom stereocenters. The SMILES string of the molecule is O=C(Cc1c(F)cccc1F)c1cc2c(s1)-c1sccc1N(C(=O)c1ccc([N+](=O)[O-])cc1F)CC2.O=C(Cc1c(F)cccc1F)c1cc2c(s1)-c1sccc1NCC2.O=C(Cl)c1ccc([N+](=O)[O-])cc1F. The molecule has 2 aliphatic heterocycles. The number of carbonyl (C=O) groups is 4. The van der Waals surface area contributed by atoms with Crippen molar-refractivity contribution in [3.8, 4) is 19.5 Å². The monoisotopic (exact) mass is 1090 g/mol. The number of nitrogens with one attached hydrogen (secondary N) is 1. The van der Waals surface area contributed by atoms with Gasteiger partial charge in [-0.1, -0.05) is 12.1 Å². The Balaban J connectivity index is 0.000000164. The number of fused-ring (bicyclic) bond motifs is 6. The van der Waals surface area contributed by atoms with Crippen LogP contribution < -0.4 is 10.2 Å². The van der Waals surface area contributed by atoms with Crippen molar-refractivity contribution in [1.29, 1.82) is 0 Å². The molecular weight excluding hydrogens is 1060 g/mol. The van der Waals surface area contributed by atoms with E-state index in [-0.39, 0.29) is 41.0 Å². The van der Waals surface area contributed by atoms with Crippen LogP contribution in [0.1, 0.15) is 62.3 Å². The molecule has 6 heterocycles. The average molecular weight is 1090 g/mol. The van der Waals surface area contributed by atoms with Crippen molar-refractivity contribution in [2.45, 2.75) is 25.7 Å². The number of rotatable bonds is 10. The predicted molar refractivity (Wildman–Crippen MR) is 268 cm³/mol. The number of non-ortho nitro benzene ring substituents is 2. The highest BCUT2D eigenvalue weighted by Gasteiger charge is 2.31. The Morgan fingerprint density at radius 1 is 0.589 bits per heavy atom. The maximum Gasteiger partial charge on any atom is 0.272 e. The van der Waals surface area contributed by atoms with E-state index in [9.17, 15) is 65.7 Å². The largest absolute Gasteiger partial charge is 0.384 e. The Labute approximate surface area is 430 Å². The highest BCUT2D eigenvalue weighted by atomic mass is 35.5. The molecule has 8 aromatic rings. The van der Waals surface area contributed by atoms with Crippen molar-refractivity contribution >= 4 is 102 Å². The summed E-state index contributed by atoms with van der Waals surface area (Å²) >= 11 is 10.6. The van der Waals surface area contributed by atoms with Crippen LogP contribution in [0.5, 0.6) is 0 Å². The van der Waals surface area contributed by atoms with Gasteiger partial charge >= 0.3 is 0 Å². The fourth-order valence-corrected chi connectivity index (χ4v) is 12.3. The van der Waals surface area contributed by atoms with Crippen LogP contribution in [0.25, 0.3) is 19.5 Å². The number of hydrogen-bond acceptors (Lipinski definition) is 13. The Kier molecular flexibility index (Phi) is 15.8. The number of carbonyl (C=O) groups excluding carboxylic acids is 4. The molecule has 12 nitrogen and oxygen atoms in total. The molecule has 0 saturated heterocycles. The first-order valence-corrected chi connectivity index (χ1v) is 25.1. The molecule has 0 radical (unpaired) electrons. The zero-order valence-corrected chi connectivity index (χ0v) is 41.0. The lowest BCUT2D eigenvalue weighted by atomic mass is 10.1. The quantitative estimate of drug-likeness (QED) is 0.0460. The van der Waals surface area contributed by atoms with Crippen molar-refractivity contribution in [3.63, 3.8) is 0 Å². The summed E-state index contributed by atoms with van der Waals surface area (Å²) in [6.45, 7) is 0.987. The number of anilines is 2. The van der Waals surface area contributed by atoms with E-state index in [0.717, 1.165) is 80.8 Å². The molecule has 0 spiro atoms. The van der Waals surface area contributed by atoms with E-state index < -0.39 is 79.5 Å². The molecule has 1 N–H and O–H groups in total. The Morgan fingerprint density at radius 2 is 1.07 bits per heavy atom. The minimum Gasteiger partial charge on any atom is -0.384 e. The van der Waals surface area contributed by atoms with Gasteiger partial charge in [0.2, 0.25) is 0 Å². The first-order chi connectivity index (χ1) is 34.9. The van der Waals surface area contributed by atoms with E-state index in [1.54, 1.807) is 28.8 Å². The maximum atomic E-state index is 14.6. The first-order valence-electron chi connectivity index (χ1n) is 21.4. The minimum atomic E-state index is -0.991. The number of nitro groups is 2. The van der Waals surface area contributed by atoms with Crippen molar-refractivity contribution in [2.24, 2.45) is 0 Å². The summed E-state index contributed by atoms with van der Waals surface area (Å²) in [4.78, 5) is 74.7. The zero-order valence-electron chi connectivity index (χ0n) is 37.0. The summed E-state index contributed by atoms with van der Waals surface area (Å²) in [5, 5.41) is 27.2. The fourth-order valence-electron chi connectivity index (χ4n) is 7.70. The zero-order chi connectivity index (χ0) is 52.2. The second kappa shape index (κ2) is 22.2. The topological polar surface area (TPSA) is 170 Å². The van der Waals surface area contributed by atoms with Gasteiger partial charge in [-0.2, -0.15) is 0 Å². The van der Waals surface area contributed by atoms with Gasteiger partial charge in [-0.3, -0.25) is 39.4 Å². The molecule has 73 heavy (non-hydrogen) atoms. The summed E-state index contributed by atoms with van der Waals surface area (Å²) in [5.41, 5.74) is 1.55. The van der Waals surface area contributed by atoms with E-state index in [2.05, 4.69) is 5.32 Å². The fraction of sp³-hybridized carbons (Fsp3) is 0.120. The number of amides is 1. The summed E-state index contributed by atoms with van der Waals surface area (Å²) in [5.74, 6) is -6.20. The number of Topliss-reactive ketones (excluding diaryl/α,β-unsaturated/α-hetero) is 2. The van der Waals surface area contributed by atoms with Crippen LogP contribution in [0.2, 0.25) is 0 Å². The third kappa shape index (κ3) is 11.3. The molecule has 23 heteroatoms. The van der Waals surface area contributed by atoms with Gasteiger partial charge < -0.3 is 10.2 Å². The van der Waals surface area contributed by atoms with E-state index in [4.69, 9.17) is 11.6 Å². The number of thiophene rings is 4. The van der Waals surface area contributed by atoms with Gasteiger partial charge in [-0.05, 0) is 107 Å². The standard InChI is InChI=1S/C25H15F3N2O4S2.C18H13F2NOS2.C7H3ClFNO3/c26-17-2-1-3-18(27)16(17)12-21(31)22-10-13-6-8-29(20-7-9-35-24(20)23(13)36-22)25(32)15-5-4-14(30(33)34)11-19(15)28;19-12-2-1-3-13(20)11(12)9-15(22)16-8-10-4-6-21-14-5-7-23-18(14)17(10)24-16;8-7(11)5-2-1-4(10(12)13)3-6(5)9/h1-5,7,9-11H,6,8,12H2;1-3,5,7-8,21H,4,6,9H2;1-3H. The normalized spacial score (nSPS) is 12.2. The molecule has 2 aliphatic rings. The van der Waals surface area contributed by atoms with Crippen LogP contribution in [0.15, 0.2) is 108 Å². The number of halogens is 7. The molecule has 10 rings (SSSR count). The molecule has 0 aliphatic carbocycles. The van der Waals surface area contributed by atoms with Crippen molar-refractivity contribution < 1.29 is 55.4 Å². The second-order valence-corrected chi connectivity index (χ2v) is 20.1. The van der Waals surface area contributed by atoms with Gasteiger partial charge in [-0.15, -0.1) is 45.3 Å². The molecular formula is C50H31ClF6N4O8S4. The van der Waals surface area contributed by atoms with Crippen LogP contribution in [-0.2, 0) is 25.7 Å². The van der Waals surface area contributed by atoms with Gasteiger partial charge in [0, 0.05) is 49.2 Å². The van der Waals surface area contributed by atoms with E-state index >= 15 is 0 Å². The van der Waals surface area contributed by atoms with Gasteiger partial charge in [0.25, 0.3) is 22.5 Å². The van der Waals surface area contributed by atoms with E-state index in [1.165, 1.54) is 63.2 Å². The third-order valence-corrected chi connectivity index (χ3v) is 16.1. The summed E-state index contributed by atoms with van der Waals surface area (Å²) < 4.78 is 83.0. The van der Waals surface area contributed by atoms with Crippen LogP contribution in [0.3, 0.4) is 0 Å². The molecule has 1 amide bonds. The maximum absolute atomic E-state index is 14.6. The van der Waals surface area contributed by atoms with Crippen LogP contribution in [0, 0.1) is 55.1 Å². The van der Waals surface area contributed by atoms with Crippen molar-refractivity contribution in [1.82, 2.24) is 0 Å². The molecule has 4 aromatic carbocycles. The minimum absolute atomic E-state index is 0.162. The lowest BCUT2D eigenvalue weighted by Gasteiger charge is -2.21. The smallest absolute Gasteiger partial charge is 0.272 e.